The Kier molecular flexibility index (Phi) is 4.84. The van der Waals surface area contributed by atoms with E-state index in [1.165, 1.54) is 0 Å². The number of methoxy groups -OCH3 is 2. The topological polar surface area (TPSA) is 51.7 Å². The summed E-state index contributed by atoms with van der Waals surface area (Å²) in [5.41, 5.74) is 2.61. The van der Waals surface area contributed by atoms with E-state index in [1.54, 1.807) is 26.5 Å². The van der Waals surface area contributed by atoms with Gasteiger partial charge in [-0.05, 0) is 55.2 Å². The van der Waals surface area contributed by atoms with E-state index in [1.807, 2.05) is 35.2 Å². The smallest absolute Gasteiger partial charge is 0.276 e. The highest BCUT2D eigenvalue weighted by atomic mass is 16.5. The zero-order chi connectivity index (χ0) is 18.8. The minimum atomic E-state index is -0.00303. The van der Waals surface area contributed by atoms with Crippen LogP contribution in [0.5, 0.6) is 11.5 Å². The third-order valence-electron chi connectivity index (χ3n) is 5.53. The summed E-state index contributed by atoms with van der Waals surface area (Å²) in [5.74, 6) is 1.81. The van der Waals surface area contributed by atoms with E-state index < -0.39 is 0 Å². The van der Waals surface area contributed by atoms with Crippen LogP contribution in [0.1, 0.15) is 41.7 Å². The van der Waals surface area contributed by atoms with Gasteiger partial charge in [-0.25, -0.2) is 0 Å². The molecule has 5 nitrogen and oxygen atoms in total. The van der Waals surface area contributed by atoms with Crippen molar-refractivity contribution in [3.05, 3.63) is 59.5 Å². The standard InChI is InChI=1S/C22H24N2O3/c1-26-20-10-9-15(13-21(20)27-2)12-19-16-6-5-7-17(14-16)24(19)22(25)18-8-3-4-11-23-18/h3-4,8-13,16-17H,5-7,14H2,1-2H3/b19-12-. The van der Waals surface area contributed by atoms with E-state index >= 15 is 0 Å². The van der Waals surface area contributed by atoms with Gasteiger partial charge in [-0.2, -0.15) is 0 Å². The Morgan fingerprint density at radius 2 is 2.00 bits per heavy atom. The fourth-order valence-corrected chi connectivity index (χ4v) is 4.27. The van der Waals surface area contributed by atoms with E-state index in [2.05, 4.69) is 11.1 Å². The second kappa shape index (κ2) is 7.43. The van der Waals surface area contributed by atoms with Crippen molar-refractivity contribution in [3.8, 4) is 11.5 Å². The largest absolute Gasteiger partial charge is 0.493 e. The molecule has 0 N–H and O–H groups in total. The first-order valence-electron chi connectivity index (χ1n) is 9.39. The summed E-state index contributed by atoms with van der Waals surface area (Å²) in [4.78, 5) is 19.4. The first-order chi connectivity index (χ1) is 13.2. The summed E-state index contributed by atoms with van der Waals surface area (Å²) in [6.07, 6.45) is 8.17. The number of benzene rings is 1. The molecule has 1 saturated carbocycles. The lowest BCUT2D eigenvalue weighted by molar-refractivity contribution is 0.0768. The molecule has 140 valence electrons. The van der Waals surface area contributed by atoms with Crippen LogP contribution >= 0.6 is 0 Å². The van der Waals surface area contributed by atoms with Gasteiger partial charge in [0.25, 0.3) is 5.91 Å². The molecule has 1 aromatic carbocycles. The Hall–Kier alpha value is -2.82. The van der Waals surface area contributed by atoms with Crippen LogP contribution in [0, 0.1) is 5.92 Å². The number of carbonyl (C=O) groups excluding carboxylic acids is 1. The van der Waals surface area contributed by atoms with Gasteiger partial charge < -0.3 is 14.4 Å². The summed E-state index contributed by atoms with van der Waals surface area (Å²) in [6, 6.07) is 11.6. The molecule has 27 heavy (non-hydrogen) atoms. The molecule has 1 saturated heterocycles. The van der Waals surface area contributed by atoms with Gasteiger partial charge in [0.2, 0.25) is 0 Å². The van der Waals surface area contributed by atoms with Gasteiger partial charge in [-0.15, -0.1) is 0 Å². The molecule has 1 aromatic heterocycles. The maximum atomic E-state index is 13.2. The third-order valence-corrected chi connectivity index (χ3v) is 5.53. The number of rotatable bonds is 4. The van der Waals surface area contributed by atoms with E-state index in [0.29, 0.717) is 23.1 Å². The van der Waals surface area contributed by atoms with Crippen LogP contribution in [0.3, 0.4) is 0 Å². The summed E-state index contributed by atoms with van der Waals surface area (Å²) in [5, 5.41) is 0. The van der Waals surface area contributed by atoms with Crippen molar-refractivity contribution in [2.24, 2.45) is 5.92 Å². The number of fused-ring (bicyclic) bond motifs is 2. The molecule has 2 fully saturated rings. The zero-order valence-corrected chi connectivity index (χ0v) is 15.7. The van der Waals surface area contributed by atoms with Gasteiger partial charge >= 0.3 is 0 Å². The molecule has 2 atom stereocenters. The number of hydrogen-bond donors (Lipinski definition) is 0. The van der Waals surface area contributed by atoms with E-state index in [4.69, 9.17) is 9.47 Å². The average Bonchev–Trinajstić information content (AvgIpc) is 2.96. The molecule has 0 spiro atoms. The molecule has 1 aliphatic carbocycles. The first kappa shape index (κ1) is 17.6. The quantitative estimate of drug-likeness (QED) is 0.818. The van der Waals surface area contributed by atoms with Gasteiger partial charge in [0.05, 0.1) is 14.2 Å². The number of hydrogen-bond acceptors (Lipinski definition) is 4. The summed E-state index contributed by atoms with van der Waals surface area (Å²) >= 11 is 0. The number of pyridine rings is 1. The molecule has 2 unspecified atom stereocenters. The Labute approximate surface area is 159 Å². The summed E-state index contributed by atoms with van der Waals surface area (Å²) < 4.78 is 10.8. The SMILES string of the molecule is COc1ccc(/C=C2/C3CCCC(C3)N2C(=O)c2ccccn2)cc1OC. The maximum Gasteiger partial charge on any atom is 0.276 e. The highest BCUT2D eigenvalue weighted by Gasteiger charge is 2.42. The number of amides is 1. The predicted octanol–water partition coefficient (Wildman–Crippen LogP) is 4.15. The second-order valence-electron chi connectivity index (χ2n) is 7.09. The predicted molar refractivity (Wildman–Crippen MR) is 104 cm³/mol. The van der Waals surface area contributed by atoms with Crippen LogP contribution in [-0.4, -0.2) is 36.1 Å². The zero-order valence-electron chi connectivity index (χ0n) is 15.7. The fourth-order valence-electron chi connectivity index (χ4n) is 4.27. The van der Waals surface area contributed by atoms with Gasteiger partial charge in [-0.1, -0.05) is 18.6 Å². The molecule has 1 amide bonds. The number of aromatic nitrogens is 1. The second-order valence-corrected chi connectivity index (χ2v) is 7.09. The minimum absolute atomic E-state index is 0.00303. The molecule has 1 aliphatic heterocycles. The summed E-state index contributed by atoms with van der Waals surface area (Å²) in [6.45, 7) is 0. The van der Waals surface area contributed by atoms with Crippen molar-refractivity contribution in [2.75, 3.05) is 14.2 Å². The van der Waals surface area contributed by atoms with E-state index in [9.17, 15) is 4.79 Å². The molecular formula is C22H24N2O3. The number of carbonyl (C=O) groups is 1. The van der Waals surface area contributed by atoms with Crippen molar-refractivity contribution in [1.29, 1.82) is 0 Å². The third kappa shape index (κ3) is 3.29. The van der Waals surface area contributed by atoms with Crippen LogP contribution in [0.25, 0.3) is 6.08 Å². The Balaban J connectivity index is 1.72. The van der Waals surface area contributed by atoms with Crippen LogP contribution in [0.2, 0.25) is 0 Å². The lowest BCUT2D eigenvalue weighted by Crippen LogP contribution is -2.34. The normalized spacial score (nSPS) is 22.7. The highest BCUT2D eigenvalue weighted by Crippen LogP contribution is 2.44. The lowest BCUT2D eigenvalue weighted by Gasteiger charge is -2.25. The molecule has 2 heterocycles. The molecule has 2 bridgehead atoms. The molecule has 4 rings (SSSR count). The van der Waals surface area contributed by atoms with Crippen LogP contribution in [-0.2, 0) is 0 Å². The fraction of sp³-hybridized carbons (Fsp3) is 0.364. The van der Waals surface area contributed by atoms with Gasteiger partial charge in [0, 0.05) is 23.9 Å². The Morgan fingerprint density at radius 3 is 2.74 bits per heavy atom. The van der Waals surface area contributed by atoms with Crippen LogP contribution in [0.15, 0.2) is 48.3 Å². The van der Waals surface area contributed by atoms with Crippen molar-refractivity contribution in [2.45, 2.75) is 31.7 Å². The molecule has 2 aliphatic rings. The maximum absolute atomic E-state index is 13.2. The van der Waals surface area contributed by atoms with E-state index in [-0.39, 0.29) is 11.9 Å². The van der Waals surface area contributed by atoms with Crippen LogP contribution < -0.4 is 9.47 Å². The minimum Gasteiger partial charge on any atom is -0.493 e. The van der Waals surface area contributed by atoms with Crippen molar-refractivity contribution >= 4 is 12.0 Å². The van der Waals surface area contributed by atoms with Gasteiger partial charge in [-0.3, -0.25) is 9.78 Å². The number of likely N-dealkylation sites (tertiary alicyclic amines) is 1. The molecule has 5 heteroatoms. The van der Waals surface area contributed by atoms with Crippen molar-refractivity contribution in [1.82, 2.24) is 9.88 Å². The average molecular weight is 364 g/mol. The molecule has 0 radical (unpaired) electrons. The number of allylic oxidation sites excluding steroid dienone is 1. The van der Waals surface area contributed by atoms with Crippen LogP contribution in [0.4, 0.5) is 0 Å². The number of ether oxygens (including phenoxy) is 2. The van der Waals surface area contributed by atoms with Crippen molar-refractivity contribution < 1.29 is 14.3 Å². The monoisotopic (exact) mass is 364 g/mol. The van der Waals surface area contributed by atoms with Gasteiger partial charge in [0.15, 0.2) is 11.5 Å². The highest BCUT2D eigenvalue weighted by molar-refractivity contribution is 5.94. The first-order valence-corrected chi connectivity index (χ1v) is 9.39. The van der Waals surface area contributed by atoms with Gasteiger partial charge in [0.1, 0.15) is 5.69 Å². The summed E-state index contributed by atoms with van der Waals surface area (Å²) in [7, 11) is 3.26. The van der Waals surface area contributed by atoms with Crippen molar-refractivity contribution in [3.63, 3.8) is 0 Å². The number of nitrogens with zero attached hydrogens (tertiary/aromatic N) is 2. The molecular weight excluding hydrogens is 340 g/mol. The Bertz CT molecular complexity index is 863. The Morgan fingerprint density at radius 1 is 1.15 bits per heavy atom. The lowest BCUT2D eigenvalue weighted by atomic mass is 9.88. The molecule has 2 aromatic rings. The van der Waals surface area contributed by atoms with E-state index in [0.717, 1.165) is 36.9 Å².